The number of halogens is 2. The molecule has 1 aliphatic heterocycles. The second-order valence-corrected chi connectivity index (χ2v) is 5.45. The van der Waals surface area contributed by atoms with Crippen molar-refractivity contribution in [3.05, 3.63) is 33.8 Å². The first kappa shape index (κ1) is 14.0. The number of hydrogen-bond donors (Lipinski definition) is 1. The van der Waals surface area contributed by atoms with E-state index in [1.165, 1.54) is 0 Å². The van der Waals surface area contributed by atoms with Gasteiger partial charge in [0.2, 0.25) is 5.91 Å². The molecule has 0 saturated carbocycles. The molecule has 4 nitrogen and oxygen atoms in total. The van der Waals surface area contributed by atoms with Gasteiger partial charge in [0.15, 0.2) is 0 Å². The van der Waals surface area contributed by atoms with E-state index < -0.39 is 18.1 Å². The summed E-state index contributed by atoms with van der Waals surface area (Å²) in [6.07, 6.45) is -0.888. The lowest BCUT2D eigenvalue weighted by Crippen LogP contribution is -2.39. The van der Waals surface area contributed by atoms with E-state index >= 15 is 0 Å². The molecule has 1 saturated heterocycles. The summed E-state index contributed by atoms with van der Waals surface area (Å²) < 4.78 is 14.2. The Balaban J connectivity index is 2.21. The number of nitriles is 1. The molecule has 1 aromatic rings. The van der Waals surface area contributed by atoms with E-state index in [0.29, 0.717) is 12.1 Å². The number of carbonyl (C=O) groups is 1. The van der Waals surface area contributed by atoms with Crippen LogP contribution in [-0.4, -0.2) is 29.6 Å². The molecule has 1 amide bonds. The highest BCUT2D eigenvalue weighted by Crippen LogP contribution is 2.26. The van der Waals surface area contributed by atoms with Gasteiger partial charge in [0.1, 0.15) is 6.17 Å². The molecule has 0 aliphatic carbocycles. The Morgan fingerprint density at radius 2 is 2.37 bits per heavy atom. The minimum atomic E-state index is -1.03. The first-order valence-corrected chi connectivity index (χ1v) is 6.66. The molecule has 1 aliphatic rings. The molecule has 0 spiro atoms. The number of amides is 1. The number of rotatable bonds is 3. The maximum atomic E-state index is 13.4. The van der Waals surface area contributed by atoms with Crippen molar-refractivity contribution < 1.29 is 9.18 Å². The summed E-state index contributed by atoms with van der Waals surface area (Å²) in [7, 11) is 0. The summed E-state index contributed by atoms with van der Waals surface area (Å²) in [4.78, 5) is 13.0. The van der Waals surface area contributed by atoms with E-state index in [0.717, 1.165) is 10.0 Å². The first-order valence-electron chi connectivity index (χ1n) is 5.87. The average Bonchev–Trinajstić information content (AvgIpc) is 2.73. The van der Waals surface area contributed by atoms with Gasteiger partial charge >= 0.3 is 0 Å². The van der Waals surface area contributed by atoms with Gasteiger partial charge in [-0.15, -0.1) is 0 Å². The monoisotopic (exact) mass is 325 g/mol. The van der Waals surface area contributed by atoms with E-state index in [1.54, 1.807) is 23.1 Å². The zero-order valence-corrected chi connectivity index (χ0v) is 11.7. The molecule has 0 radical (unpaired) electrons. The van der Waals surface area contributed by atoms with Gasteiger partial charge in [0.25, 0.3) is 0 Å². The van der Waals surface area contributed by atoms with Crippen LogP contribution >= 0.6 is 15.9 Å². The van der Waals surface area contributed by atoms with E-state index in [9.17, 15) is 9.18 Å². The van der Waals surface area contributed by atoms with E-state index in [2.05, 4.69) is 22.0 Å². The third kappa shape index (κ3) is 3.11. The Morgan fingerprint density at radius 3 is 3.00 bits per heavy atom. The SMILES string of the molecule is N#Cc1ccc(Br)c(CN2C[C@H](F)C[C@H]2C(N)=O)c1. The van der Waals surface area contributed by atoms with E-state index in [1.807, 2.05) is 0 Å². The zero-order valence-electron chi connectivity index (χ0n) is 10.1. The third-order valence-electron chi connectivity index (χ3n) is 3.23. The predicted octanol–water partition coefficient (Wildman–Crippen LogP) is 1.72. The lowest BCUT2D eigenvalue weighted by Gasteiger charge is -2.22. The van der Waals surface area contributed by atoms with Gasteiger partial charge < -0.3 is 5.73 Å². The van der Waals surface area contributed by atoms with Gasteiger partial charge in [0, 0.05) is 24.0 Å². The van der Waals surface area contributed by atoms with Crippen LogP contribution in [0.5, 0.6) is 0 Å². The lowest BCUT2D eigenvalue weighted by atomic mass is 10.1. The molecular weight excluding hydrogens is 313 g/mol. The van der Waals surface area contributed by atoms with Crippen LogP contribution in [-0.2, 0) is 11.3 Å². The van der Waals surface area contributed by atoms with Gasteiger partial charge in [-0.05, 0) is 23.8 Å². The molecule has 2 N–H and O–H groups in total. The van der Waals surface area contributed by atoms with Crippen molar-refractivity contribution in [3.63, 3.8) is 0 Å². The fourth-order valence-electron chi connectivity index (χ4n) is 2.30. The van der Waals surface area contributed by atoms with Crippen molar-refractivity contribution in [2.45, 2.75) is 25.2 Å². The zero-order chi connectivity index (χ0) is 14.0. The van der Waals surface area contributed by atoms with Crippen LogP contribution in [0.1, 0.15) is 17.5 Å². The molecule has 1 fully saturated rings. The van der Waals surface area contributed by atoms with Crippen molar-refractivity contribution >= 4 is 21.8 Å². The summed E-state index contributed by atoms with van der Waals surface area (Å²) in [6, 6.07) is 6.68. The van der Waals surface area contributed by atoms with E-state index in [4.69, 9.17) is 11.0 Å². The Hall–Kier alpha value is -1.45. The van der Waals surface area contributed by atoms with Crippen molar-refractivity contribution in [1.82, 2.24) is 4.90 Å². The van der Waals surface area contributed by atoms with Crippen LogP contribution in [0.4, 0.5) is 4.39 Å². The normalized spacial score (nSPS) is 23.2. The minimum Gasteiger partial charge on any atom is -0.368 e. The topological polar surface area (TPSA) is 70.1 Å². The second-order valence-electron chi connectivity index (χ2n) is 4.60. The Morgan fingerprint density at radius 1 is 1.63 bits per heavy atom. The molecule has 0 bridgehead atoms. The van der Waals surface area contributed by atoms with Crippen LogP contribution in [0.3, 0.4) is 0 Å². The minimum absolute atomic E-state index is 0.144. The van der Waals surface area contributed by atoms with Crippen molar-refractivity contribution in [3.8, 4) is 6.07 Å². The number of nitrogens with zero attached hydrogens (tertiary/aromatic N) is 2. The van der Waals surface area contributed by atoms with Crippen LogP contribution in [0.25, 0.3) is 0 Å². The van der Waals surface area contributed by atoms with Crippen molar-refractivity contribution in [2.75, 3.05) is 6.54 Å². The predicted molar refractivity (Wildman–Crippen MR) is 71.8 cm³/mol. The maximum Gasteiger partial charge on any atom is 0.234 e. The molecule has 0 unspecified atom stereocenters. The molecule has 1 heterocycles. The lowest BCUT2D eigenvalue weighted by molar-refractivity contribution is -0.122. The first-order chi connectivity index (χ1) is 9.01. The molecule has 6 heteroatoms. The number of benzene rings is 1. The fourth-order valence-corrected chi connectivity index (χ4v) is 2.67. The highest BCUT2D eigenvalue weighted by molar-refractivity contribution is 9.10. The van der Waals surface area contributed by atoms with Crippen molar-refractivity contribution in [1.29, 1.82) is 5.26 Å². The Labute approximate surface area is 119 Å². The van der Waals surface area contributed by atoms with Crippen LogP contribution in [0.2, 0.25) is 0 Å². The Kier molecular flexibility index (Phi) is 4.17. The van der Waals surface area contributed by atoms with Crippen LogP contribution < -0.4 is 5.73 Å². The molecule has 0 aromatic heterocycles. The number of alkyl halides is 1. The van der Waals surface area contributed by atoms with Crippen LogP contribution in [0.15, 0.2) is 22.7 Å². The van der Waals surface area contributed by atoms with Gasteiger partial charge in [0.05, 0.1) is 17.7 Å². The maximum absolute atomic E-state index is 13.4. The molecule has 2 rings (SSSR count). The van der Waals surface area contributed by atoms with Gasteiger partial charge in [-0.3, -0.25) is 9.69 Å². The molecule has 100 valence electrons. The molecule has 19 heavy (non-hydrogen) atoms. The average molecular weight is 326 g/mol. The highest BCUT2D eigenvalue weighted by atomic mass is 79.9. The summed E-state index contributed by atoms with van der Waals surface area (Å²) in [5.74, 6) is -0.507. The summed E-state index contributed by atoms with van der Waals surface area (Å²) in [5.41, 5.74) is 6.67. The van der Waals surface area contributed by atoms with Gasteiger partial charge in [-0.25, -0.2) is 4.39 Å². The smallest absolute Gasteiger partial charge is 0.234 e. The van der Waals surface area contributed by atoms with Crippen LogP contribution in [0, 0.1) is 11.3 Å². The molecular formula is C13H13BrFN3O. The number of hydrogen-bond acceptors (Lipinski definition) is 3. The van der Waals surface area contributed by atoms with E-state index in [-0.39, 0.29) is 13.0 Å². The largest absolute Gasteiger partial charge is 0.368 e. The van der Waals surface area contributed by atoms with Gasteiger partial charge in [-0.2, -0.15) is 5.26 Å². The summed E-state index contributed by atoms with van der Waals surface area (Å²) in [6.45, 7) is 0.584. The number of nitrogens with two attached hydrogens (primary N) is 1. The Bertz CT molecular complexity index is 543. The highest BCUT2D eigenvalue weighted by Gasteiger charge is 2.35. The third-order valence-corrected chi connectivity index (χ3v) is 4.00. The summed E-state index contributed by atoms with van der Waals surface area (Å²) >= 11 is 3.39. The molecule has 1 aromatic carbocycles. The number of likely N-dealkylation sites (tertiary alicyclic amines) is 1. The van der Waals surface area contributed by atoms with Gasteiger partial charge in [-0.1, -0.05) is 15.9 Å². The summed E-state index contributed by atoms with van der Waals surface area (Å²) in [5, 5.41) is 8.88. The molecule has 2 atom stereocenters. The second kappa shape index (κ2) is 5.68. The van der Waals surface area contributed by atoms with Crippen molar-refractivity contribution in [2.24, 2.45) is 5.73 Å². The number of carbonyl (C=O) groups excluding carboxylic acids is 1. The quantitative estimate of drug-likeness (QED) is 0.919. The standard InChI is InChI=1S/C13H13BrFN3O/c14-11-2-1-8(5-16)3-9(11)6-18-7-10(15)4-12(18)13(17)19/h1-3,10,12H,4,6-7H2,(H2,17,19)/t10-,12+/m1/s1. The number of primary amides is 1. The fraction of sp³-hybridized carbons (Fsp3) is 0.385.